The summed E-state index contributed by atoms with van der Waals surface area (Å²) in [5, 5.41) is 13.5. The van der Waals surface area contributed by atoms with Gasteiger partial charge in [0.25, 0.3) is 5.91 Å². The van der Waals surface area contributed by atoms with E-state index in [4.69, 9.17) is 0 Å². The molecule has 3 N–H and O–H groups in total. The minimum atomic E-state index is -0.406. The second kappa shape index (κ2) is 4.46. The lowest BCUT2D eigenvalue weighted by molar-refractivity contribution is 0.0902. The summed E-state index contributed by atoms with van der Waals surface area (Å²) >= 11 is 0. The Morgan fingerprint density at radius 3 is 3.06 bits per heavy atom. The molecule has 4 nitrogen and oxygen atoms in total. The third kappa shape index (κ3) is 2.11. The van der Waals surface area contributed by atoms with Gasteiger partial charge < -0.3 is 15.4 Å². The van der Waals surface area contributed by atoms with Crippen molar-refractivity contribution in [1.29, 1.82) is 0 Å². The van der Waals surface area contributed by atoms with Crippen LogP contribution in [0, 0.1) is 5.92 Å². The standard InChI is InChI=1S/C14H16N2O2/c17-12(9-4-5-9)8-16-14(18)11-3-1-2-10-6-7-15-13(10)11/h1-3,6-7,9,12,15,17H,4-5,8H2,(H,16,18). The highest BCUT2D eigenvalue weighted by Gasteiger charge is 2.29. The number of amides is 1. The highest BCUT2D eigenvalue weighted by Crippen LogP contribution is 2.32. The quantitative estimate of drug-likeness (QED) is 0.766. The number of benzene rings is 1. The highest BCUT2D eigenvalue weighted by atomic mass is 16.3. The van der Waals surface area contributed by atoms with E-state index in [1.54, 1.807) is 6.07 Å². The Hall–Kier alpha value is -1.81. The van der Waals surface area contributed by atoms with Crippen LogP contribution in [-0.4, -0.2) is 28.6 Å². The third-order valence-electron chi connectivity index (χ3n) is 3.47. The second-order valence-corrected chi connectivity index (χ2v) is 4.86. The van der Waals surface area contributed by atoms with Crippen LogP contribution < -0.4 is 5.32 Å². The van der Waals surface area contributed by atoms with Crippen LogP contribution in [0.25, 0.3) is 10.9 Å². The molecule has 3 rings (SSSR count). The van der Waals surface area contributed by atoms with Gasteiger partial charge in [0.1, 0.15) is 0 Å². The number of para-hydroxylation sites is 1. The van der Waals surface area contributed by atoms with Gasteiger partial charge in [-0.15, -0.1) is 0 Å². The number of aliphatic hydroxyl groups is 1. The maximum Gasteiger partial charge on any atom is 0.253 e. The van der Waals surface area contributed by atoms with Gasteiger partial charge >= 0.3 is 0 Å². The Morgan fingerprint density at radius 1 is 1.44 bits per heavy atom. The monoisotopic (exact) mass is 244 g/mol. The van der Waals surface area contributed by atoms with Gasteiger partial charge in [0.2, 0.25) is 0 Å². The summed E-state index contributed by atoms with van der Waals surface area (Å²) in [7, 11) is 0. The first-order valence-electron chi connectivity index (χ1n) is 6.28. The van der Waals surface area contributed by atoms with Gasteiger partial charge in [-0.05, 0) is 30.9 Å². The van der Waals surface area contributed by atoms with Gasteiger partial charge in [-0.1, -0.05) is 12.1 Å². The lowest BCUT2D eigenvalue weighted by atomic mass is 10.1. The van der Waals surface area contributed by atoms with E-state index in [1.807, 2.05) is 24.4 Å². The fraction of sp³-hybridized carbons (Fsp3) is 0.357. The predicted molar refractivity (Wildman–Crippen MR) is 69.4 cm³/mol. The number of aromatic amines is 1. The van der Waals surface area contributed by atoms with Crippen LogP contribution in [0.15, 0.2) is 30.5 Å². The molecule has 0 bridgehead atoms. The lowest BCUT2D eigenvalue weighted by Crippen LogP contribution is -2.33. The number of rotatable bonds is 4. The zero-order valence-electron chi connectivity index (χ0n) is 10.0. The van der Waals surface area contributed by atoms with E-state index >= 15 is 0 Å². The predicted octanol–water partition coefficient (Wildman–Crippen LogP) is 1.67. The van der Waals surface area contributed by atoms with Gasteiger partial charge in [0.05, 0.1) is 17.2 Å². The van der Waals surface area contributed by atoms with Crippen LogP contribution in [0.3, 0.4) is 0 Å². The van der Waals surface area contributed by atoms with Crippen LogP contribution in [0.2, 0.25) is 0 Å². The van der Waals surface area contributed by atoms with Crippen molar-refractivity contribution in [3.63, 3.8) is 0 Å². The first-order chi connectivity index (χ1) is 8.75. The minimum Gasteiger partial charge on any atom is -0.391 e. The maximum absolute atomic E-state index is 12.1. The fourth-order valence-corrected chi connectivity index (χ4v) is 2.21. The topological polar surface area (TPSA) is 65.1 Å². The SMILES string of the molecule is O=C(NCC(O)C1CC1)c1cccc2cc[nH]c12. The first-order valence-corrected chi connectivity index (χ1v) is 6.28. The van der Waals surface area contributed by atoms with Gasteiger partial charge in [0.15, 0.2) is 0 Å². The molecular formula is C14H16N2O2. The molecule has 1 atom stereocenters. The molecule has 1 unspecified atom stereocenters. The lowest BCUT2D eigenvalue weighted by Gasteiger charge is -2.11. The van der Waals surface area contributed by atoms with E-state index in [9.17, 15) is 9.90 Å². The second-order valence-electron chi connectivity index (χ2n) is 4.86. The molecule has 0 aliphatic heterocycles. The van der Waals surface area contributed by atoms with Crippen LogP contribution in [0.4, 0.5) is 0 Å². The van der Waals surface area contributed by atoms with E-state index in [0.29, 0.717) is 18.0 Å². The highest BCUT2D eigenvalue weighted by molar-refractivity contribution is 6.05. The Bertz CT molecular complexity index is 572. The molecule has 1 aliphatic carbocycles. The van der Waals surface area contributed by atoms with Gasteiger partial charge in [-0.25, -0.2) is 0 Å². The summed E-state index contributed by atoms with van der Waals surface area (Å²) in [5.41, 5.74) is 1.47. The average molecular weight is 244 g/mol. The molecule has 1 aromatic heterocycles. The molecule has 1 saturated carbocycles. The fourth-order valence-electron chi connectivity index (χ4n) is 2.21. The number of aromatic nitrogens is 1. The van der Waals surface area contributed by atoms with E-state index in [-0.39, 0.29) is 5.91 Å². The summed E-state index contributed by atoms with van der Waals surface area (Å²) in [6.07, 6.45) is 3.56. The van der Waals surface area contributed by atoms with Crippen molar-refractivity contribution in [1.82, 2.24) is 10.3 Å². The van der Waals surface area contributed by atoms with Crippen molar-refractivity contribution >= 4 is 16.8 Å². The van der Waals surface area contributed by atoms with Gasteiger partial charge in [-0.3, -0.25) is 4.79 Å². The van der Waals surface area contributed by atoms with Crippen LogP contribution >= 0.6 is 0 Å². The summed E-state index contributed by atoms with van der Waals surface area (Å²) in [4.78, 5) is 15.1. The third-order valence-corrected chi connectivity index (χ3v) is 3.47. The number of carbonyl (C=O) groups is 1. The number of hydrogen-bond acceptors (Lipinski definition) is 2. The summed E-state index contributed by atoms with van der Waals surface area (Å²) < 4.78 is 0. The van der Waals surface area contributed by atoms with Crippen molar-refractivity contribution in [2.75, 3.05) is 6.54 Å². The first kappa shape index (κ1) is 11.3. The molecule has 1 amide bonds. The molecule has 1 heterocycles. The Kier molecular flexibility index (Phi) is 2.80. The number of hydrogen-bond donors (Lipinski definition) is 3. The van der Waals surface area contributed by atoms with Crippen molar-refractivity contribution in [3.8, 4) is 0 Å². The van der Waals surface area contributed by atoms with Crippen molar-refractivity contribution in [2.45, 2.75) is 18.9 Å². The molecule has 1 fully saturated rings. The molecule has 0 spiro atoms. The van der Waals surface area contributed by atoms with E-state index in [1.165, 1.54) is 0 Å². The number of aliphatic hydroxyl groups excluding tert-OH is 1. The summed E-state index contributed by atoms with van der Waals surface area (Å²) in [6.45, 7) is 0.334. The van der Waals surface area contributed by atoms with E-state index in [0.717, 1.165) is 23.7 Å². The Labute approximate surface area is 105 Å². The molecule has 2 aromatic rings. The average Bonchev–Trinajstić information content (AvgIpc) is 3.12. The van der Waals surface area contributed by atoms with Crippen molar-refractivity contribution in [3.05, 3.63) is 36.0 Å². The van der Waals surface area contributed by atoms with E-state index < -0.39 is 6.10 Å². The van der Waals surface area contributed by atoms with Crippen LogP contribution in [-0.2, 0) is 0 Å². The molecule has 4 heteroatoms. The molecule has 1 aliphatic rings. The molecule has 1 aromatic carbocycles. The molecule has 94 valence electrons. The van der Waals surface area contributed by atoms with Crippen LogP contribution in [0.5, 0.6) is 0 Å². The Morgan fingerprint density at radius 2 is 2.28 bits per heavy atom. The van der Waals surface area contributed by atoms with Crippen molar-refractivity contribution in [2.24, 2.45) is 5.92 Å². The molecule has 0 radical (unpaired) electrons. The van der Waals surface area contributed by atoms with Crippen molar-refractivity contribution < 1.29 is 9.90 Å². The number of fused-ring (bicyclic) bond motifs is 1. The van der Waals surface area contributed by atoms with Crippen LogP contribution in [0.1, 0.15) is 23.2 Å². The largest absolute Gasteiger partial charge is 0.391 e. The van der Waals surface area contributed by atoms with E-state index in [2.05, 4.69) is 10.3 Å². The van der Waals surface area contributed by atoms with Gasteiger partial charge in [-0.2, -0.15) is 0 Å². The van der Waals surface area contributed by atoms with Gasteiger partial charge in [0, 0.05) is 18.1 Å². The number of carbonyl (C=O) groups excluding carboxylic acids is 1. The molecule has 0 saturated heterocycles. The summed E-state index contributed by atoms with van der Waals surface area (Å²) in [5.74, 6) is 0.245. The Balaban J connectivity index is 1.73. The molecule has 18 heavy (non-hydrogen) atoms. The summed E-state index contributed by atoms with van der Waals surface area (Å²) in [6, 6.07) is 7.55. The number of nitrogens with one attached hydrogen (secondary N) is 2. The smallest absolute Gasteiger partial charge is 0.253 e. The zero-order valence-corrected chi connectivity index (χ0v) is 10.0. The maximum atomic E-state index is 12.1. The number of H-pyrrole nitrogens is 1. The normalized spacial score (nSPS) is 16.7. The zero-order chi connectivity index (χ0) is 12.5. The minimum absolute atomic E-state index is 0.136. The molecular weight excluding hydrogens is 228 g/mol.